The fourth-order valence-electron chi connectivity index (χ4n) is 4.61. The van der Waals surface area contributed by atoms with E-state index in [2.05, 4.69) is 32.3 Å². The largest absolute Gasteiger partial charge is 0.487 e. The molecule has 0 saturated heterocycles. The van der Waals surface area contributed by atoms with Crippen molar-refractivity contribution in [2.24, 2.45) is 0 Å². The van der Waals surface area contributed by atoms with Gasteiger partial charge in [-0.05, 0) is 55.3 Å². The van der Waals surface area contributed by atoms with Crippen molar-refractivity contribution in [2.45, 2.75) is 50.7 Å². The first kappa shape index (κ1) is 19.1. The third kappa shape index (κ3) is 3.26. The molecule has 3 aromatic rings. The maximum atomic E-state index is 10.8. The molecule has 0 spiro atoms. The number of benzene rings is 1. The highest BCUT2D eigenvalue weighted by Crippen LogP contribution is 2.38. The number of fused-ring (bicyclic) bond motifs is 2. The minimum atomic E-state index is -0.964. The van der Waals surface area contributed by atoms with Crippen molar-refractivity contribution in [1.29, 1.82) is 0 Å². The average Bonchev–Trinajstić information content (AvgIpc) is 3.25. The SMILES string of the molecule is Cc1ccnc2c1ccn2[C@@H]1C[C@H](Oc2cc(Br)cc3c2CNCC3)[C@@H](O)[C@H]1O. The number of pyridine rings is 1. The minimum absolute atomic E-state index is 0.289. The second kappa shape index (κ2) is 7.40. The highest BCUT2D eigenvalue weighted by atomic mass is 79.9. The molecular formula is C22H24BrN3O3. The summed E-state index contributed by atoms with van der Waals surface area (Å²) in [5.74, 6) is 0.768. The van der Waals surface area contributed by atoms with Crippen LogP contribution in [0.15, 0.2) is 41.1 Å². The van der Waals surface area contributed by atoms with Crippen LogP contribution in [-0.4, -0.2) is 44.6 Å². The van der Waals surface area contributed by atoms with Gasteiger partial charge in [-0.1, -0.05) is 15.9 Å². The van der Waals surface area contributed by atoms with Crippen molar-refractivity contribution in [3.8, 4) is 5.75 Å². The van der Waals surface area contributed by atoms with Crippen LogP contribution in [0.3, 0.4) is 0 Å². The standard InChI is InChI=1S/C22H24BrN3O3/c1-12-2-6-25-22-15(12)4-7-26(22)17-10-19(21(28)20(17)27)29-18-9-14(23)8-13-3-5-24-11-16(13)18/h2,4,6-9,17,19-21,24,27-28H,3,5,10-11H2,1H3/t17-,19+,20+,21-/m1/s1. The molecule has 2 aromatic heterocycles. The molecule has 3 heterocycles. The van der Waals surface area contributed by atoms with Crippen LogP contribution < -0.4 is 10.1 Å². The normalized spacial score (nSPS) is 26.6. The monoisotopic (exact) mass is 457 g/mol. The third-order valence-corrected chi connectivity index (χ3v) is 6.66. The summed E-state index contributed by atoms with van der Waals surface area (Å²) in [6.45, 7) is 3.74. The molecule has 4 atom stereocenters. The summed E-state index contributed by atoms with van der Waals surface area (Å²) in [6, 6.07) is 7.78. The maximum Gasteiger partial charge on any atom is 0.140 e. The van der Waals surface area contributed by atoms with Crippen LogP contribution in [0.4, 0.5) is 0 Å². The molecule has 152 valence electrons. The summed E-state index contributed by atoms with van der Waals surface area (Å²) in [4.78, 5) is 4.50. The van der Waals surface area contributed by atoms with Gasteiger partial charge in [0.15, 0.2) is 0 Å². The van der Waals surface area contributed by atoms with Gasteiger partial charge in [-0.15, -0.1) is 0 Å². The number of aromatic nitrogens is 2. The molecule has 3 N–H and O–H groups in total. The average molecular weight is 458 g/mol. The molecule has 0 radical (unpaired) electrons. The molecule has 1 aromatic carbocycles. The lowest BCUT2D eigenvalue weighted by molar-refractivity contribution is -0.0166. The minimum Gasteiger partial charge on any atom is -0.487 e. The zero-order chi connectivity index (χ0) is 20.1. The summed E-state index contributed by atoms with van der Waals surface area (Å²) < 4.78 is 9.22. The van der Waals surface area contributed by atoms with Crippen LogP contribution in [0.25, 0.3) is 11.0 Å². The van der Waals surface area contributed by atoms with E-state index in [0.29, 0.717) is 6.42 Å². The summed E-state index contributed by atoms with van der Waals surface area (Å²) in [5.41, 5.74) is 4.36. The molecule has 2 aliphatic rings. The molecular weight excluding hydrogens is 434 g/mol. The molecule has 1 fully saturated rings. The van der Waals surface area contributed by atoms with Crippen molar-refractivity contribution >= 4 is 27.0 Å². The molecule has 0 bridgehead atoms. The Labute approximate surface area is 177 Å². The molecule has 29 heavy (non-hydrogen) atoms. The number of hydrogen-bond acceptors (Lipinski definition) is 5. The van der Waals surface area contributed by atoms with Crippen molar-refractivity contribution in [3.63, 3.8) is 0 Å². The van der Waals surface area contributed by atoms with E-state index in [9.17, 15) is 10.2 Å². The maximum absolute atomic E-state index is 10.8. The first-order chi connectivity index (χ1) is 14.0. The number of rotatable bonds is 3. The van der Waals surface area contributed by atoms with E-state index in [4.69, 9.17) is 4.74 Å². The highest BCUT2D eigenvalue weighted by Gasteiger charge is 2.44. The quantitative estimate of drug-likeness (QED) is 0.563. The van der Waals surface area contributed by atoms with Gasteiger partial charge in [-0.3, -0.25) is 0 Å². The predicted molar refractivity (Wildman–Crippen MR) is 114 cm³/mol. The van der Waals surface area contributed by atoms with E-state index in [1.807, 2.05) is 35.9 Å². The van der Waals surface area contributed by atoms with Gasteiger partial charge in [0.25, 0.3) is 0 Å². The van der Waals surface area contributed by atoms with E-state index >= 15 is 0 Å². The number of nitrogens with one attached hydrogen (secondary N) is 1. The van der Waals surface area contributed by atoms with Crippen LogP contribution >= 0.6 is 15.9 Å². The Kier molecular flexibility index (Phi) is 4.86. The van der Waals surface area contributed by atoms with Gasteiger partial charge in [0.2, 0.25) is 0 Å². The van der Waals surface area contributed by atoms with Crippen LogP contribution in [0.1, 0.15) is 29.2 Å². The highest BCUT2D eigenvalue weighted by molar-refractivity contribution is 9.10. The molecule has 0 amide bonds. The molecule has 0 unspecified atom stereocenters. The van der Waals surface area contributed by atoms with Gasteiger partial charge < -0.3 is 24.8 Å². The lowest BCUT2D eigenvalue weighted by atomic mass is 10.00. The number of hydrogen-bond donors (Lipinski definition) is 3. The summed E-state index contributed by atoms with van der Waals surface area (Å²) in [7, 11) is 0. The number of aryl methyl sites for hydroxylation is 1. The number of nitrogens with zero attached hydrogens (tertiary/aromatic N) is 2. The van der Waals surface area contributed by atoms with Gasteiger partial charge >= 0.3 is 0 Å². The first-order valence-electron chi connectivity index (χ1n) is 10.00. The smallest absolute Gasteiger partial charge is 0.140 e. The van der Waals surface area contributed by atoms with E-state index in [1.165, 1.54) is 5.56 Å². The number of halogens is 1. The Morgan fingerprint density at radius 3 is 2.97 bits per heavy atom. The Morgan fingerprint density at radius 2 is 2.10 bits per heavy atom. The van der Waals surface area contributed by atoms with Crippen molar-refractivity contribution in [3.05, 3.63) is 57.8 Å². The Balaban J connectivity index is 1.45. The lowest BCUT2D eigenvalue weighted by Gasteiger charge is -2.24. The number of aliphatic hydroxyl groups excluding tert-OH is 2. The molecule has 5 rings (SSSR count). The first-order valence-corrected chi connectivity index (χ1v) is 10.8. The zero-order valence-electron chi connectivity index (χ0n) is 16.2. The topological polar surface area (TPSA) is 79.5 Å². The lowest BCUT2D eigenvalue weighted by Crippen LogP contribution is -2.34. The van der Waals surface area contributed by atoms with Crippen molar-refractivity contribution in [2.75, 3.05) is 6.54 Å². The van der Waals surface area contributed by atoms with Gasteiger partial charge in [-0.2, -0.15) is 0 Å². The summed E-state index contributed by atoms with van der Waals surface area (Å²) in [5, 5.41) is 26.0. The summed E-state index contributed by atoms with van der Waals surface area (Å²) in [6.07, 6.45) is 2.81. The summed E-state index contributed by atoms with van der Waals surface area (Å²) >= 11 is 3.57. The Hall–Kier alpha value is -1.93. The molecule has 7 heteroatoms. The molecule has 6 nitrogen and oxygen atoms in total. The van der Waals surface area contributed by atoms with Crippen LogP contribution in [0, 0.1) is 6.92 Å². The predicted octanol–water partition coefficient (Wildman–Crippen LogP) is 2.87. The second-order valence-electron chi connectivity index (χ2n) is 8.00. The van der Waals surface area contributed by atoms with Gasteiger partial charge in [-0.25, -0.2) is 4.98 Å². The van der Waals surface area contributed by atoms with Crippen LogP contribution in [0.5, 0.6) is 5.75 Å². The third-order valence-electron chi connectivity index (χ3n) is 6.21. The van der Waals surface area contributed by atoms with Gasteiger partial charge in [0, 0.05) is 40.8 Å². The Bertz CT molecular complexity index is 1070. The molecule has 1 aliphatic carbocycles. The Morgan fingerprint density at radius 1 is 1.24 bits per heavy atom. The number of aliphatic hydroxyl groups is 2. The van der Waals surface area contributed by atoms with E-state index in [0.717, 1.165) is 51.9 Å². The van der Waals surface area contributed by atoms with Crippen molar-refractivity contribution in [1.82, 2.24) is 14.9 Å². The van der Waals surface area contributed by atoms with E-state index in [-0.39, 0.29) is 6.04 Å². The second-order valence-corrected chi connectivity index (χ2v) is 8.91. The van der Waals surface area contributed by atoms with Gasteiger partial charge in [0.1, 0.15) is 29.7 Å². The van der Waals surface area contributed by atoms with E-state index < -0.39 is 18.3 Å². The molecule has 1 aliphatic heterocycles. The molecule has 1 saturated carbocycles. The van der Waals surface area contributed by atoms with Crippen LogP contribution in [-0.2, 0) is 13.0 Å². The van der Waals surface area contributed by atoms with Gasteiger partial charge in [0.05, 0.1) is 6.04 Å². The van der Waals surface area contributed by atoms with Crippen LogP contribution in [0.2, 0.25) is 0 Å². The zero-order valence-corrected chi connectivity index (χ0v) is 17.8. The van der Waals surface area contributed by atoms with E-state index in [1.54, 1.807) is 6.20 Å². The van der Waals surface area contributed by atoms with Crippen molar-refractivity contribution < 1.29 is 14.9 Å². The number of ether oxygens (including phenoxy) is 1. The fraction of sp³-hybridized carbons (Fsp3) is 0.409. The fourth-order valence-corrected chi connectivity index (χ4v) is 5.10.